The molecule has 0 saturated carbocycles. The van der Waals surface area contributed by atoms with Crippen molar-refractivity contribution in [2.75, 3.05) is 4.90 Å². The summed E-state index contributed by atoms with van der Waals surface area (Å²) >= 11 is 3.29. The first-order chi connectivity index (χ1) is 12.4. The molecular weight excluding hydrogens is 404 g/mol. The van der Waals surface area contributed by atoms with Crippen LogP contribution in [0.1, 0.15) is 31.4 Å². The van der Waals surface area contributed by atoms with Gasteiger partial charge in [0.2, 0.25) is 0 Å². The molecule has 1 aliphatic heterocycles. The molecule has 0 saturated heterocycles. The lowest BCUT2D eigenvalue weighted by Crippen LogP contribution is -2.47. The van der Waals surface area contributed by atoms with Crippen LogP contribution in [0.15, 0.2) is 40.9 Å². The molecule has 1 amide bonds. The van der Waals surface area contributed by atoms with Crippen molar-refractivity contribution in [3.05, 3.63) is 63.6 Å². The topological polar surface area (TPSA) is 29.5 Å². The van der Waals surface area contributed by atoms with Crippen LogP contribution in [0.3, 0.4) is 0 Å². The molecule has 0 bridgehead atoms. The lowest BCUT2D eigenvalue weighted by molar-refractivity contribution is 0.141. The third kappa shape index (κ3) is 3.61. The number of fused-ring (bicyclic) bond motifs is 1. The first-order valence-electron chi connectivity index (χ1n) is 8.56. The lowest BCUT2D eigenvalue weighted by atomic mass is 9.89. The molecule has 0 aliphatic carbocycles. The number of hydrogen-bond acceptors (Lipinski definition) is 2. The van der Waals surface area contributed by atoms with Crippen LogP contribution in [0.5, 0.6) is 0 Å². The third-order valence-corrected chi connectivity index (χ3v) is 5.28. The number of carbonyl (C=O) groups excluding carboxylic acids is 1. The molecule has 1 atom stereocenters. The monoisotopic (exact) mass is 423 g/mol. The van der Waals surface area contributed by atoms with E-state index >= 15 is 0 Å². The minimum absolute atomic E-state index is 0.123. The van der Waals surface area contributed by atoms with Gasteiger partial charge in [0.25, 0.3) is 0 Å². The Balaban J connectivity index is 1.94. The molecule has 26 heavy (non-hydrogen) atoms. The van der Waals surface area contributed by atoms with Gasteiger partial charge in [-0.15, -0.1) is 0 Å². The maximum absolute atomic E-state index is 14.3. The zero-order valence-corrected chi connectivity index (χ0v) is 16.2. The highest BCUT2D eigenvalue weighted by Crippen LogP contribution is 2.41. The number of amides is 1. The second kappa shape index (κ2) is 7.74. The number of rotatable bonds is 3. The third-order valence-electron chi connectivity index (χ3n) is 4.67. The van der Waals surface area contributed by atoms with Crippen molar-refractivity contribution < 1.29 is 18.3 Å². The van der Waals surface area contributed by atoms with Gasteiger partial charge in [-0.3, -0.25) is 4.90 Å². The van der Waals surface area contributed by atoms with E-state index in [4.69, 9.17) is 4.74 Å². The van der Waals surface area contributed by atoms with Gasteiger partial charge >= 0.3 is 6.09 Å². The number of anilines is 1. The van der Waals surface area contributed by atoms with Gasteiger partial charge in [-0.2, -0.15) is 0 Å². The second-order valence-electron chi connectivity index (χ2n) is 6.74. The van der Waals surface area contributed by atoms with Crippen molar-refractivity contribution in [2.24, 2.45) is 5.92 Å². The number of benzene rings is 2. The van der Waals surface area contributed by atoms with Crippen LogP contribution in [0, 0.1) is 17.6 Å². The fraction of sp³-hybridized carbons (Fsp3) is 0.350. The molecule has 0 aromatic heterocycles. The van der Waals surface area contributed by atoms with Crippen molar-refractivity contribution >= 4 is 27.7 Å². The molecule has 6 heteroatoms. The van der Waals surface area contributed by atoms with E-state index < -0.39 is 17.7 Å². The molecule has 3 rings (SSSR count). The molecule has 138 valence electrons. The van der Waals surface area contributed by atoms with Crippen molar-refractivity contribution in [3.8, 4) is 0 Å². The molecule has 0 N–H and O–H groups in total. The van der Waals surface area contributed by atoms with E-state index in [2.05, 4.69) is 15.9 Å². The molecule has 0 radical (unpaired) electrons. The van der Waals surface area contributed by atoms with Crippen molar-refractivity contribution in [1.29, 1.82) is 0 Å². The Morgan fingerprint density at radius 1 is 1.31 bits per heavy atom. The Morgan fingerprint density at radius 2 is 2.00 bits per heavy atom. The fourth-order valence-corrected chi connectivity index (χ4v) is 3.99. The van der Waals surface area contributed by atoms with E-state index in [1.54, 1.807) is 0 Å². The van der Waals surface area contributed by atoms with Crippen molar-refractivity contribution in [2.45, 2.75) is 39.3 Å². The summed E-state index contributed by atoms with van der Waals surface area (Å²) in [4.78, 5) is 14.3. The predicted molar refractivity (Wildman–Crippen MR) is 100 cm³/mol. The Labute approximate surface area is 160 Å². The number of ether oxygens (including phenoxy) is 1. The summed E-state index contributed by atoms with van der Waals surface area (Å²) in [7, 11) is 0. The van der Waals surface area contributed by atoms with Crippen molar-refractivity contribution in [1.82, 2.24) is 0 Å². The van der Waals surface area contributed by atoms with Crippen LogP contribution in [-0.4, -0.2) is 12.1 Å². The zero-order chi connectivity index (χ0) is 18.8. The Hall–Kier alpha value is -1.95. The van der Waals surface area contributed by atoms with E-state index in [9.17, 15) is 13.6 Å². The summed E-state index contributed by atoms with van der Waals surface area (Å²) in [6.45, 7) is 4.12. The van der Waals surface area contributed by atoms with E-state index in [0.29, 0.717) is 23.0 Å². The summed E-state index contributed by atoms with van der Waals surface area (Å²) < 4.78 is 33.9. The van der Waals surface area contributed by atoms with Crippen LogP contribution in [0.2, 0.25) is 0 Å². The van der Waals surface area contributed by atoms with Crippen molar-refractivity contribution in [3.63, 3.8) is 0 Å². The summed E-state index contributed by atoms with van der Waals surface area (Å²) in [5, 5.41) is 0. The van der Waals surface area contributed by atoms with Crippen LogP contribution >= 0.6 is 15.9 Å². The molecule has 1 unspecified atom stereocenters. The minimum Gasteiger partial charge on any atom is -0.444 e. The molecule has 0 fully saturated rings. The van der Waals surface area contributed by atoms with Crippen LogP contribution in [0.25, 0.3) is 0 Å². The highest BCUT2D eigenvalue weighted by molar-refractivity contribution is 9.10. The first kappa shape index (κ1) is 18.8. The van der Waals surface area contributed by atoms with E-state index in [1.807, 2.05) is 44.2 Å². The Morgan fingerprint density at radius 3 is 2.65 bits per heavy atom. The average molecular weight is 424 g/mol. The highest BCUT2D eigenvalue weighted by Gasteiger charge is 2.37. The van der Waals surface area contributed by atoms with Gasteiger partial charge < -0.3 is 4.74 Å². The van der Waals surface area contributed by atoms with E-state index in [0.717, 1.165) is 11.6 Å². The molecule has 2 aromatic rings. The van der Waals surface area contributed by atoms with Gasteiger partial charge in [0.1, 0.15) is 6.61 Å². The standard InChI is InChI=1S/C20H20BrF2NO2/c1-12(2)17-9-8-14-18(23)16(22)10-15(21)19(14)24(17)20(25)26-11-13-6-4-3-5-7-13/h3-7,10,12,17H,8-9,11H2,1-2H3. The van der Waals surface area contributed by atoms with E-state index in [1.165, 1.54) is 4.90 Å². The zero-order valence-electron chi connectivity index (χ0n) is 14.6. The second-order valence-corrected chi connectivity index (χ2v) is 7.60. The number of hydrogen-bond donors (Lipinski definition) is 0. The van der Waals surface area contributed by atoms with Gasteiger partial charge in [0, 0.05) is 16.1 Å². The number of carbonyl (C=O) groups is 1. The summed E-state index contributed by atoms with van der Waals surface area (Å²) in [5.41, 5.74) is 1.45. The summed E-state index contributed by atoms with van der Waals surface area (Å²) in [6.07, 6.45) is 0.376. The Bertz CT molecular complexity index is 811. The maximum atomic E-state index is 14.3. The molecule has 3 nitrogen and oxygen atoms in total. The molecule has 1 heterocycles. The highest BCUT2D eigenvalue weighted by atomic mass is 79.9. The summed E-state index contributed by atoms with van der Waals surface area (Å²) in [5.74, 6) is -1.67. The smallest absolute Gasteiger partial charge is 0.414 e. The molecule has 2 aromatic carbocycles. The van der Waals surface area contributed by atoms with Gasteiger partial charge in [-0.1, -0.05) is 44.2 Å². The SMILES string of the molecule is CC(C)C1CCc2c(F)c(F)cc(Br)c2N1C(=O)OCc1ccccc1. The number of nitrogens with zero attached hydrogens (tertiary/aromatic N) is 1. The molecule has 0 spiro atoms. The Kier molecular flexibility index (Phi) is 5.61. The molecule has 1 aliphatic rings. The fourth-order valence-electron chi connectivity index (χ4n) is 3.36. The average Bonchev–Trinajstić information content (AvgIpc) is 2.63. The predicted octanol–water partition coefficient (Wildman–Crippen LogP) is 5.84. The normalized spacial score (nSPS) is 16.5. The minimum atomic E-state index is -0.920. The largest absolute Gasteiger partial charge is 0.444 e. The lowest BCUT2D eigenvalue weighted by Gasteiger charge is -2.39. The van der Waals surface area contributed by atoms with Gasteiger partial charge in [0.05, 0.1) is 5.69 Å². The van der Waals surface area contributed by atoms with Gasteiger partial charge in [-0.05, 0) is 46.3 Å². The first-order valence-corrected chi connectivity index (χ1v) is 9.35. The van der Waals surface area contributed by atoms with Crippen LogP contribution in [0.4, 0.5) is 19.3 Å². The number of halogens is 3. The van der Waals surface area contributed by atoms with Crippen LogP contribution in [-0.2, 0) is 17.8 Å². The van der Waals surface area contributed by atoms with E-state index in [-0.39, 0.29) is 24.1 Å². The quantitative estimate of drug-likeness (QED) is 0.580. The maximum Gasteiger partial charge on any atom is 0.414 e. The van der Waals surface area contributed by atoms with Gasteiger partial charge in [-0.25, -0.2) is 13.6 Å². The van der Waals surface area contributed by atoms with Crippen LogP contribution < -0.4 is 4.90 Å². The summed E-state index contributed by atoms with van der Waals surface area (Å²) in [6, 6.07) is 10.3. The van der Waals surface area contributed by atoms with Gasteiger partial charge in [0.15, 0.2) is 11.6 Å². The molecular formula is C20H20BrF2NO2.